The van der Waals surface area contributed by atoms with Crippen molar-refractivity contribution in [1.82, 2.24) is 4.90 Å². The Bertz CT molecular complexity index is 1580. The van der Waals surface area contributed by atoms with Gasteiger partial charge in [0.05, 0.1) is 29.6 Å². The molecule has 1 unspecified atom stereocenters. The minimum absolute atomic E-state index is 0.0315. The van der Waals surface area contributed by atoms with Crippen molar-refractivity contribution in [2.75, 3.05) is 30.3 Å². The zero-order valence-electron chi connectivity index (χ0n) is 31.3. The van der Waals surface area contributed by atoms with Crippen molar-refractivity contribution in [3.8, 4) is 0 Å². The Kier molecular flexibility index (Phi) is 13.4. The van der Waals surface area contributed by atoms with Gasteiger partial charge in [-0.2, -0.15) is 0 Å². The second kappa shape index (κ2) is 16.8. The van der Waals surface area contributed by atoms with Gasteiger partial charge in [-0.05, 0) is 71.0 Å². The van der Waals surface area contributed by atoms with E-state index in [-0.39, 0.29) is 41.7 Å². The molecule has 1 saturated heterocycles. The summed E-state index contributed by atoms with van der Waals surface area (Å²) in [4.78, 5) is 27.4. The minimum Gasteiger partial charge on any atom is -0.465 e. The molecule has 3 aromatic carbocycles. The molecule has 1 fully saturated rings. The maximum Gasteiger partial charge on any atom is 0.407 e. The molecule has 0 spiro atoms. The van der Waals surface area contributed by atoms with Gasteiger partial charge < -0.3 is 34.6 Å². The first-order valence-corrected chi connectivity index (χ1v) is 23.4. The number of likely N-dealkylation sites (tertiary alicyclic amines) is 1. The molecule has 2 amide bonds. The normalized spacial score (nSPS) is 17.9. The average molecular weight is 799 g/mol. The lowest BCUT2D eigenvalue weighted by Crippen LogP contribution is -2.67. The lowest BCUT2D eigenvalue weighted by Gasteiger charge is -2.46. The maximum atomic E-state index is 13.7. The molecule has 4 N–H and O–H groups in total. The standard InChI is InChI=1S/C39H56BrN3O6Si2/c1-38(2,3)50(7,8)49-35-20-15-23-43(37(46)47)34(35)25-29(44)26-41-32-22-21-28(40)24-33(32)42-36(45)27-48-51(39(4,5)6,30-16-11-9-12-17-30)31-18-13-10-14-19-31/h9-14,16-19,21-22,24,29,34-35,41,44H,15,20,23,25-27H2,1-8H3,(H,42,45)(H,46,47)/t29?,34-,35+/m1/s1. The van der Waals surface area contributed by atoms with Crippen molar-refractivity contribution in [3.63, 3.8) is 0 Å². The summed E-state index contributed by atoms with van der Waals surface area (Å²) in [5.41, 5.74) is 1.17. The van der Waals surface area contributed by atoms with Gasteiger partial charge in [0.25, 0.3) is 8.32 Å². The number of halogens is 1. The van der Waals surface area contributed by atoms with E-state index in [1.165, 1.54) is 4.90 Å². The number of carboxylic acid groups (broad SMARTS) is 1. The SMILES string of the molecule is CC(C)(C)[Si](C)(C)O[C@H]1CCCN(C(=O)O)[C@@H]1CC(O)CNc1ccc(Br)cc1NC(=O)CO[Si](c1ccccc1)(c1ccccc1)C(C)(C)C. The highest BCUT2D eigenvalue weighted by Gasteiger charge is 2.50. The zero-order valence-corrected chi connectivity index (χ0v) is 34.9. The van der Waals surface area contributed by atoms with Crippen molar-refractivity contribution >= 4 is 66.3 Å². The molecule has 9 nitrogen and oxygen atoms in total. The maximum absolute atomic E-state index is 13.7. The molecule has 0 radical (unpaired) electrons. The molecule has 1 heterocycles. The molecule has 0 aliphatic carbocycles. The molecule has 1 aliphatic rings. The number of amides is 2. The van der Waals surface area contributed by atoms with Crippen molar-refractivity contribution < 1.29 is 28.7 Å². The summed E-state index contributed by atoms with van der Waals surface area (Å²) in [6.45, 7) is 17.8. The third kappa shape index (κ3) is 9.91. The largest absolute Gasteiger partial charge is 0.465 e. The van der Waals surface area contributed by atoms with Crippen LogP contribution in [-0.2, 0) is 13.6 Å². The summed E-state index contributed by atoms with van der Waals surface area (Å²) < 4.78 is 14.4. The predicted octanol–water partition coefficient (Wildman–Crippen LogP) is 7.66. The van der Waals surface area contributed by atoms with E-state index in [1.807, 2.05) is 54.6 Å². The Morgan fingerprint density at radius 2 is 1.51 bits per heavy atom. The fourth-order valence-corrected chi connectivity index (χ4v) is 13.0. The van der Waals surface area contributed by atoms with E-state index in [0.29, 0.717) is 17.9 Å². The first-order chi connectivity index (χ1) is 23.9. The number of aliphatic hydroxyl groups excluding tert-OH is 1. The zero-order chi connectivity index (χ0) is 37.6. The summed E-state index contributed by atoms with van der Waals surface area (Å²) >= 11 is 3.53. The van der Waals surface area contributed by atoms with Crippen LogP contribution in [0.3, 0.4) is 0 Å². The van der Waals surface area contributed by atoms with E-state index in [1.54, 1.807) is 0 Å². The van der Waals surface area contributed by atoms with Crippen LogP contribution < -0.4 is 21.0 Å². The number of hydrogen-bond acceptors (Lipinski definition) is 6. The number of carbonyl (C=O) groups excluding carboxylic acids is 1. The predicted molar refractivity (Wildman–Crippen MR) is 215 cm³/mol. The number of nitrogens with one attached hydrogen (secondary N) is 2. The Morgan fingerprint density at radius 1 is 0.922 bits per heavy atom. The summed E-state index contributed by atoms with van der Waals surface area (Å²) in [5, 5.41) is 29.5. The number of rotatable bonds is 13. The topological polar surface area (TPSA) is 120 Å². The Balaban J connectivity index is 1.49. The highest BCUT2D eigenvalue weighted by atomic mass is 79.9. The molecular weight excluding hydrogens is 743 g/mol. The third-order valence-electron chi connectivity index (χ3n) is 10.3. The Hall–Kier alpha value is -3.01. The van der Waals surface area contributed by atoms with E-state index < -0.39 is 34.9 Å². The van der Waals surface area contributed by atoms with E-state index >= 15 is 0 Å². The van der Waals surface area contributed by atoms with Gasteiger partial charge in [0, 0.05) is 17.6 Å². The molecule has 3 aromatic rings. The van der Waals surface area contributed by atoms with Crippen LogP contribution in [0, 0.1) is 0 Å². The van der Waals surface area contributed by atoms with Crippen LogP contribution in [0.25, 0.3) is 0 Å². The van der Waals surface area contributed by atoms with Gasteiger partial charge in [-0.15, -0.1) is 0 Å². The lowest BCUT2D eigenvalue weighted by atomic mass is 9.94. The Morgan fingerprint density at radius 3 is 2.04 bits per heavy atom. The number of anilines is 2. The Labute approximate surface area is 314 Å². The molecule has 51 heavy (non-hydrogen) atoms. The monoisotopic (exact) mass is 797 g/mol. The fourth-order valence-electron chi connectivity index (χ4n) is 6.72. The van der Waals surface area contributed by atoms with Crippen LogP contribution in [0.2, 0.25) is 23.2 Å². The number of hydrogen-bond donors (Lipinski definition) is 4. The van der Waals surface area contributed by atoms with Crippen LogP contribution in [0.4, 0.5) is 16.2 Å². The number of piperidine rings is 1. The minimum atomic E-state index is -2.92. The fraction of sp³-hybridized carbons (Fsp3) is 0.487. The molecule has 0 bridgehead atoms. The number of aliphatic hydroxyl groups is 1. The summed E-state index contributed by atoms with van der Waals surface area (Å²) in [5.74, 6) is -0.297. The summed E-state index contributed by atoms with van der Waals surface area (Å²) in [6.07, 6.45) is -0.460. The second-order valence-electron chi connectivity index (χ2n) is 16.1. The quantitative estimate of drug-likeness (QED) is 0.131. The van der Waals surface area contributed by atoms with E-state index in [2.05, 4.69) is 105 Å². The number of nitrogens with zero attached hydrogens (tertiary/aromatic N) is 1. The first-order valence-electron chi connectivity index (χ1n) is 17.8. The van der Waals surface area contributed by atoms with Crippen LogP contribution in [-0.4, -0.2) is 81.7 Å². The number of carbonyl (C=O) groups is 2. The lowest BCUT2D eigenvalue weighted by molar-refractivity contribution is -0.118. The van der Waals surface area contributed by atoms with Gasteiger partial charge in [-0.25, -0.2) is 4.79 Å². The molecule has 4 rings (SSSR count). The molecule has 3 atom stereocenters. The van der Waals surface area contributed by atoms with Gasteiger partial charge in [0.15, 0.2) is 8.32 Å². The van der Waals surface area contributed by atoms with E-state index in [0.717, 1.165) is 27.7 Å². The summed E-state index contributed by atoms with van der Waals surface area (Å²) in [7, 11) is -5.11. The molecule has 1 aliphatic heterocycles. The highest BCUT2D eigenvalue weighted by Crippen LogP contribution is 2.40. The van der Waals surface area contributed by atoms with Crippen LogP contribution in [0.5, 0.6) is 0 Å². The second-order valence-corrected chi connectivity index (χ2v) is 26.0. The smallest absolute Gasteiger partial charge is 0.407 e. The van der Waals surface area contributed by atoms with Crippen molar-refractivity contribution in [1.29, 1.82) is 0 Å². The van der Waals surface area contributed by atoms with Crippen LogP contribution in [0.15, 0.2) is 83.3 Å². The van der Waals surface area contributed by atoms with Gasteiger partial charge in [0.2, 0.25) is 5.91 Å². The number of benzene rings is 3. The van der Waals surface area contributed by atoms with Crippen LogP contribution >= 0.6 is 15.9 Å². The van der Waals surface area contributed by atoms with E-state index in [4.69, 9.17) is 8.85 Å². The third-order valence-corrected chi connectivity index (χ3v) is 20.3. The van der Waals surface area contributed by atoms with Gasteiger partial charge >= 0.3 is 6.09 Å². The van der Waals surface area contributed by atoms with Crippen LogP contribution in [0.1, 0.15) is 60.8 Å². The van der Waals surface area contributed by atoms with E-state index in [9.17, 15) is 19.8 Å². The highest BCUT2D eigenvalue weighted by molar-refractivity contribution is 9.10. The van der Waals surface area contributed by atoms with Crippen molar-refractivity contribution in [2.45, 2.75) is 102 Å². The summed E-state index contributed by atoms with van der Waals surface area (Å²) in [6, 6.07) is 25.4. The molecule has 0 saturated carbocycles. The first kappa shape index (κ1) is 40.8. The van der Waals surface area contributed by atoms with Gasteiger partial charge in [-0.1, -0.05) is 118 Å². The van der Waals surface area contributed by atoms with Gasteiger partial charge in [-0.3, -0.25) is 4.79 Å². The molecular formula is C39H56BrN3O6Si2. The molecule has 12 heteroatoms. The van der Waals surface area contributed by atoms with Crippen molar-refractivity contribution in [2.24, 2.45) is 0 Å². The van der Waals surface area contributed by atoms with Gasteiger partial charge in [0.1, 0.15) is 6.61 Å². The van der Waals surface area contributed by atoms with Crippen molar-refractivity contribution in [3.05, 3.63) is 83.3 Å². The molecule has 0 aromatic heterocycles. The molecule has 278 valence electrons. The average Bonchev–Trinajstić information content (AvgIpc) is 3.05.